The van der Waals surface area contributed by atoms with Gasteiger partial charge in [-0.25, -0.2) is 4.68 Å². The van der Waals surface area contributed by atoms with Crippen molar-refractivity contribution in [1.82, 2.24) is 9.78 Å². The molecule has 1 aromatic rings. The summed E-state index contributed by atoms with van der Waals surface area (Å²) in [5.41, 5.74) is -0.0548. The van der Waals surface area contributed by atoms with Crippen molar-refractivity contribution in [3.63, 3.8) is 0 Å². The Bertz CT molecular complexity index is 414. The van der Waals surface area contributed by atoms with E-state index in [0.717, 1.165) is 37.0 Å². The van der Waals surface area contributed by atoms with Crippen LogP contribution in [0, 0.1) is 23.2 Å². The molecule has 1 heterocycles. The van der Waals surface area contributed by atoms with E-state index in [1.807, 2.05) is 6.07 Å². The SMILES string of the molecule is O=C(n1cccn1)C12CC3CC(CC(C3)C1)C2. The van der Waals surface area contributed by atoms with E-state index in [0.29, 0.717) is 0 Å². The van der Waals surface area contributed by atoms with E-state index >= 15 is 0 Å². The van der Waals surface area contributed by atoms with E-state index in [9.17, 15) is 4.79 Å². The van der Waals surface area contributed by atoms with Crippen LogP contribution in [0.25, 0.3) is 0 Å². The van der Waals surface area contributed by atoms with Crippen molar-refractivity contribution in [2.24, 2.45) is 23.2 Å². The van der Waals surface area contributed by atoms with Crippen molar-refractivity contribution in [3.05, 3.63) is 18.5 Å². The summed E-state index contributed by atoms with van der Waals surface area (Å²) < 4.78 is 1.58. The van der Waals surface area contributed by atoms with Gasteiger partial charge in [0.05, 0.1) is 5.41 Å². The quantitative estimate of drug-likeness (QED) is 0.743. The van der Waals surface area contributed by atoms with Crippen LogP contribution in [-0.4, -0.2) is 15.7 Å². The molecule has 1 aromatic heterocycles. The average molecular weight is 230 g/mol. The lowest BCUT2D eigenvalue weighted by Crippen LogP contribution is -2.51. The zero-order valence-corrected chi connectivity index (χ0v) is 10.0. The molecule has 3 heteroatoms. The van der Waals surface area contributed by atoms with Gasteiger partial charge in [0.15, 0.2) is 0 Å². The lowest BCUT2D eigenvalue weighted by atomic mass is 9.49. The second-order valence-electron chi connectivity index (χ2n) is 6.45. The number of rotatable bonds is 1. The Hall–Kier alpha value is -1.12. The highest BCUT2D eigenvalue weighted by Gasteiger charge is 2.55. The molecule has 0 N–H and O–H groups in total. The molecule has 4 bridgehead atoms. The van der Waals surface area contributed by atoms with E-state index < -0.39 is 0 Å². The van der Waals surface area contributed by atoms with E-state index in [1.165, 1.54) is 19.3 Å². The molecule has 5 rings (SSSR count). The van der Waals surface area contributed by atoms with Crippen molar-refractivity contribution in [1.29, 1.82) is 0 Å². The highest BCUT2D eigenvalue weighted by atomic mass is 16.2. The predicted octanol–water partition coefficient (Wildman–Crippen LogP) is 2.74. The summed E-state index contributed by atoms with van der Waals surface area (Å²) in [6.45, 7) is 0. The highest BCUT2D eigenvalue weighted by molar-refractivity contribution is 5.84. The van der Waals surface area contributed by atoms with Crippen LogP contribution < -0.4 is 0 Å². The van der Waals surface area contributed by atoms with Gasteiger partial charge in [0.25, 0.3) is 5.91 Å². The Balaban J connectivity index is 1.71. The van der Waals surface area contributed by atoms with Crippen LogP contribution in [0.3, 0.4) is 0 Å². The smallest absolute Gasteiger partial charge is 0.253 e. The van der Waals surface area contributed by atoms with Gasteiger partial charge in [0, 0.05) is 12.4 Å². The Labute approximate surface area is 101 Å². The van der Waals surface area contributed by atoms with Gasteiger partial charge in [-0.1, -0.05) is 0 Å². The molecule has 0 saturated heterocycles. The first-order chi connectivity index (χ1) is 8.25. The van der Waals surface area contributed by atoms with Gasteiger partial charge < -0.3 is 0 Å². The number of aromatic nitrogens is 2. The van der Waals surface area contributed by atoms with Crippen molar-refractivity contribution in [3.8, 4) is 0 Å². The minimum Gasteiger partial charge on any atom is -0.272 e. The molecular formula is C14H18N2O. The largest absolute Gasteiger partial charge is 0.272 e. The number of hydrogen-bond acceptors (Lipinski definition) is 2. The summed E-state index contributed by atoms with van der Waals surface area (Å²) >= 11 is 0. The van der Waals surface area contributed by atoms with Gasteiger partial charge in [-0.2, -0.15) is 5.10 Å². The maximum atomic E-state index is 12.7. The third-order valence-corrected chi connectivity index (χ3v) is 5.20. The first-order valence-corrected chi connectivity index (χ1v) is 6.80. The standard InChI is InChI=1S/C14H18N2O/c17-13(16-3-1-2-15-16)14-7-10-4-11(8-14)6-12(5-10)9-14/h1-3,10-12H,4-9H2. The fourth-order valence-electron chi connectivity index (χ4n) is 5.00. The van der Waals surface area contributed by atoms with E-state index in [-0.39, 0.29) is 11.3 Å². The summed E-state index contributed by atoms with van der Waals surface area (Å²) in [7, 11) is 0. The molecule has 4 fully saturated rings. The number of nitrogens with zero attached hydrogens (tertiary/aromatic N) is 2. The maximum absolute atomic E-state index is 12.7. The second kappa shape index (κ2) is 3.21. The first-order valence-electron chi connectivity index (χ1n) is 6.80. The molecule has 0 aliphatic heterocycles. The molecule has 0 unspecified atom stereocenters. The van der Waals surface area contributed by atoms with Crippen molar-refractivity contribution < 1.29 is 4.79 Å². The molecule has 0 amide bonds. The molecule has 0 aromatic carbocycles. The monoisotopic (exact) mass is 230 g/mol. The van der Waals surface area contributed by atoms with E-state index in [1.54, 1.807) is 17.1 Å². The summed E-state index contributed by atoms with van der Waals surface area (Å²) in [6, 6.07) is 1.85. The van der Waals surface area contributed by atoms with E-state index in [4.69, 9.17) is 0 Å². The number of carbonyl (C=O) groups excluding carboxylic acids is 1. The average Bonchev–Trinajstić information content (AvgIpc) is 2.79. The zero-order valence-electron chi connectivity index (χ0n) is 10.0. The van der Waals surface area contributed by atoms with Crippen LogP contribution in [-0.2, 0) is 0 Å². The molecule has 0 radical (unpaired) electrons. The van der Waals surface area contributed by atoms with Gasteiger partial charge in [-0.15, -0.1) is 0 Å². The molecule has 4 aliphatic carbocycles. The Kier molecular flexibility index (Phi) is 1.86. The molecule has 17 heavy (non-hydrogen) atoms. The molecule has 0 spiro atoms. The molecule has 0 atom stereocenters. The van der Waals surface area contributed by atoms with Crippen LogP contribution in [0.2, 0.25) is 0 Å². The molecule has 3 nitrogen and oxygen atoms in total. The van der Waals surface area contributed by atoms with Crippen LogP contribution in [0.4, 0.5) is 0 Å². The van der Waals surface area contributed by atoms with Gasteiger partial charge in [0.1, 0.15) is 0 Å². The lowest BCUT2D eigenvalue weighted by molar-refractivity contribution is -0.0408. The van der Waals surface area contributed by atoms with Gasteiger partial charge in [0.2, 0.25) is 0 Å². The van der Waals surface area contributed by atoms with Gasteiger partial charge in [-0.05, 0) is 62.3 Å². The van der Waals surface area contributed by atoms with Crippen LogP contribution in [0.1, 0.15) is 43.3 Å². The molecule has 90 valence electrons. The van der Waals surface area contributed by atoms with Gasteiger partial charge >= 0.3 is 0 Å². The topological polar surface area (TPSA) is 34.9 Å². The lowest BCUT2D eigenvalue weighted by Gasteiger charge is -2.55. The zero-order chi connectivity index (χ0) is 11.5. The Morgan fingerprint density at radius 3 is 2.18 bits per heavy atom. The highest BCUT2D eigenvalue weighted by Crippen LogP contribution is 2.60. The number of carbonyl (C=O) groups is 1. The summed E-state index contributed by atoms with van der Waals surface area (Å²) in [5, 5.41) is 4.14. The van der Waals surface area contributed by atoms with Crippen molar-refractivity contribution in [2.45, 2.75) is 38.5 Å². The van der Waals surface area contributed by atoms with Crippen molar-refractivity contribution in [2.75, 3.05) is 0 Å². The van der Waals surface area contributed by atoms with E-state index in [2.05, 4.69) is 5.10 Å². The summed E-state index contributed by atoms with van der Waals surface area (Å²) in [4.78, 5) is 12.7. The van der Waals surface area contributed by atoms with Crippen LogP contribution in [0.15, 0.2) is 18.5 Å². The first kappa shape index (κ1) is 9.86. The summed E-state index contributed by atoms with van der Waals surface area (Å²) in [5.74, 6) is 2.73. The molecule has 4 saturated carbocycles. The van der Waals surface area contributed by atoms with Crippen LogP contribution >= 0.6 is 0 Å². The maximum Gasteiger partial charge on any atom is 0.253 e. The number of hydrogen-bond donors (Lipinski definition) is 0. The Morgan fingerprint density at radius 2 is 1.71 bits per heavy atom. The minimum absolute atomic E-state index is 0.0548. The van der Waals surface area contributed by atoms with Crippen LogP contribution in [0.5, 0.6) is 0 Å². The van der Waals surface area contributed by atoms with Crippen molar-refractivity contribution >= 4 is 5.91 Å². The molecular weight excluding hydrogens is 212 g/mol. The minimum atomic E-state index is -0.0548. The fraction of sp³-hybridized carbons (Fsp3) is 0.714. The van der Waals surface area contributed by atoms with Gasteiger partial charge in [-0.3, -0.25) is 4.79 Å². The third-order valence-electron chi connectivity index (χ3n) is 5.20. The fourth-order valence-corrected chi connectivity index (χ4v) is 5.00. The predicted molar refractivity (Wildman–Crippen MR) is 63.5 cm³/mol. The third kappa shape index (κ3) is 1.34. The normalized spacial score (nSPS) is 42.9. The second-order valence-corrected chi connectivity index (χ2v) is 6.45. The molecule has 4 aliphatic rings. The summed E-state index contributed by atoms with van der Waals surface area (Å²) in [6.07, 6.45) is 11.0. The Morgan fingerprint density at radius 1 is 1.12 bits per heavy atom.